The minimum absolute atomic E-state index is 0.0722. The molecule has 2 aliphatic rings. The maximum Gasteiger partial charge on any atom is 0.335 e. The number of benzene rings is 1. The Morgan fingerprint density at radius 2 is 2.00 bits per heavy atom. The van der Waals surface area contributed by atoms with Crippen LogP contribution in [0.3, 0.4) is 0 Å². The van der Waals surface area contributed by atoms with E-state index in [1.165, 1.54) is 0 Å². The van der Waals surface area contributed by atoms with Gasteiger partial charge in [0.05, 0.1) is 11.6 Å². The second-order valence-electron chi connectivity index (χ2n) is 5.49. The number of aromatic carboxylic acids is 1. The van der Waals surface area contributed by atoms with Crippen molar-refractivity contribution in [3.05, 3.63) is 34.9 Å². The zero-order valence-electron chi connectivity index (χ0n) is 11.3. The molecule has 2 aliphatic heterocycles. The Kier molecular flexibility index (Phi) is 3.44. The fourth-order valence-corrected chi connectivity index (χ4v) is 2.97. The molecule has 0 unspecified atom stereocenters. The molecule has 0 radical (unpaired) electrons. The highest BCUT2D eigenvalue weighted by molar-refractivity contribution is 5.88. The number of piperidine rings is 1. The molecule has 1 fully saturated rings. The average molecular weight is 274 g/mol. The Hall–Kier alpha value is -1.88. The lowest BCUT2D eigenvalue weighted by Gasteiger charge is -2.27. The number of fused-ring (bicyclic) bond motifs is 1. The van der Waals surface area contributed by atoms with Crippen LogP contribution in [0.2, 0.25) is 0 Å². The van der Waals surface area contributed by atoms with Crippen molar-refractivity contribution in [2.24, 2.45) is 0 Å². The molecule has 0 saturated carbocycles. The number of nitrogens with one attached hydrogen (secondary N) is 1. The Morgan fingerprint density at radius 3 is 2.70 bits per heavy atom. The number of carbonyl (C=O) groups excluding carboxylic acids is 1. The zero-order valence-corrected chi connectivity index (χ0v) is 11.3. The Bertz CT molecular complexity index is 550. The predicted octanol–water partition coefficient (Wildman–Crippen LogP) is 1.37. The summed E-state index contributed by atoms with van der Waals surface area (Å²) in [5, 5.41) is 12.3. The molecule has 5 nitrogen and oxygen atoms in total. The fourth-order valence-electron chi connectivity index (χ4n) is 2.97. The van der Waals surface area contributed by atoms with Crippen LogP contribution < -0.4 is 5.32 Å². The maximum absolute atomic E-state index is 12.4. The molecule has 3 rings (SSSR count). The van der Waals surface area contributed by atoms with Crippen LogP contribution in [0.15, 0.2) is 18.2 Å². The van der Waals surface area contributed by atoms with Crippen molar-refractivity contribution in [2.45, 2.75) is 38.4 Å². The lowest BCUT2D eigenvalue weighted by Crippen LogP contribution is -2.46. The highest BCUT2D eigenvalue weighted by Gasteiger charge is 2.30. The van der Waals surface area contributed by atoms with Crippen LogP contribution in [0, 0.1) is 0 Å². The van der Waals surface area contributed by atoms with E-state index in [4.69, 9.17) is 5.11 Å². The van der Waals surface area contributed by atoms with Gasteiger partial charge in [-0.15, -0.1) is 0 Å². The largest absolute Gasteiger partial charge is 0.478 e. The van der Waals surface area contributed by atoms with Crippen molar-refractivity contribution >= 4 is 11.9 Å². The quantitative estimate of drug-likeness (QED) is 0.854. The summed E-state index contributed by atoms with van der Waals surface area (Å²) in [7, 11) is 0. The van der Waals surface area contributed by atoms with Gasteiger partial charge in [0, 0.05) is 13.1 Å². The first kappa shape index (κ1) is 13.1. The summed E-state index contributed by atoms with van der Waals surface area (Å²) >= 11 is 0. The number of amides is 1. The van der Waals surface area contributed by atoms with Gasteiger partial charge in [-0.05, 0) is 42.6 Å². The number of nitrogens with zero attached hydrogens (tertiary/aromatic N) is 1. The second kappa shape index (κ2) is 5.25. The van der Waals surface area contributed by atoms with Gasteiger partial charge < -0.3 is 15.3 Å². The minimum Gasteiger partial charge on any atom is -0.478 e. The molecule has 2 N–H and O–H groups in total. The molecule has 0 aromatic heterocycles. The molecule has 1 amide bonds. The molecular formula is C15H18N2O3. The number of hydrogen-bond acceptors (Lipinski definition) is 3. The number of carboxylic acids is 1. The zero-order chi connectivity index (χ0) is 14.1. The smallest absolute Gasteiger partial charge is 0.335 e. The standard InChI is InChI=1S/C15H18N2O3/c18-14(13-3-1-2-6-16-13)17-8-11-5-4-10(15(19)20)7-12(11)9-17/h4-5,7,13,16H,1-3,6,8-9H2,(H,19,20)/t13-/m0/s1. The van der Waals surface area contributed by atoms with Crippen LogP contribution in [0.25, 0.3) is 0 Å². The summed E-state index contributed by atoms with van der Waals surface area (Å²) in [5.41, 5.74) is 2.29. The summed E-state index contributed by atoms with van der Waals surface area (Å²) < 4.78 is 0. The molecule has 1 aromatic rings. The van der Waals surface area contributed by atoms with Gasteiger partial charge in [-0.1, -0.05) is 12.5 Å². The molecule has 0 bridgehead atoms. The van der Waals surface area contributed by atoms with E-state index < -0.39 is 5.97 Å². The van der Waals surface area contributed by atoms with E-state index in [9.17, 15) is 9.59 Å². The number of carbonyl (C=O) groups is 2. The summed E-state index contributed by atoms with van der Waals surface area (Å²) in [6, 6.07) is 5.03. The Labute approximate surface area is 117 Å². The summed E-state index contributed by atoms with van der Waals surface area (Å²) in [5.74, 6) is -0.788. The number of carboxylic acid groups (broad SMARTS) is 1. The summed E-state index contributed by atoms with van der Waals surface area (Å²) in [6.45, 7) is 2.01. The van der Waals surface area contributed by atoms with E-state index >= 15 is 0 Å². The van der Waals surface area contributed by atoms with Crippen molar-refractivity contribution < 1.29 is 14.7 Å². The van der Waals surface area contributed by atoms with Crippen molar-refractivity contribution in [1.29, 1.82) is 0 Å². The first-order valence-corrected chi connectivity index (χ1v) is 7.02. The van der Waals surface area contributed by atoms with E-state index in [2.05, 4.69) is 5.32 Å². The third-order valence-electron chi connectivity index (χ3n) is 4.10. The van der Waals surface area contributed by atoms with Gasteiger partial charge in [-0.2, -0.15) is 0 Å². The second-order valence-corrected chi connectivity index (χ2v) is 5.49. The van der Waals surface area contributed by atoms with Gasteiger partial charge in [0.15, 0.2) is 0 Å². The third-order valence-corrected chi connectivity index (χ3v) is 4.10. The van der Waals surface area contributed by atoms with Gasteiger partial charge >= 0.3 is 5.97 Å². The molecule has 0 aliphatic carbocycles. The SMILES string of the molecule is O=C(O)c1ccc2c(c1)CN(C(=O)[C@@H]1CCCCN1)C2. The van der Waals surface area contributed by atoms with Crippen LogP contribution in [-0.4, -0.2) is 34.5 Å². The summed E-state index contributed by atoms with van der Waals surface area (Å²) in [4.78, 5) is 25.2. The van der Waals surface area contributed by atoms with Crippen molar-refractivity contribution in [1.82, 2.24) is 10.2 Å². The van der Waals surface area contributed by atoms with Crippen LogP contribution in [0.4, 0.5) is 0 Å². The first-order valence-electron chi connectivity index (χ1n) is 7.02. The lowest BCUT2D eigenvalue weighted by molar-refractivity contribution is -0.134. The number of rotatable bonds is 2. The van der Waals surface area contributed by atoms with Crippen LogP contribution in [-0.2, 0) is 17.9 Å². The molecular weight excluding hydrogens is 256 g/mol. The highest BCUT2D eigenvalue weighted by atomic mass is 16.4. The molecule has 1 saturated heterocycles. The Morgan fingerprint density at radius 1 is 1.20 bits per heavy atom. The van der Waals surface area contributed by atoms with Gasteiger partial charge in [-0.25, -0.2) is 4.79 Å². The topological polar surface area (TPSA) is 69.6 Å². The molecule has 0 spiro atoms. The van der Waals surface area contributed by atoms with Crippen molar-refractivity contribution in [3.8, 4) is 0 Å². The molecule has 1 atom stereocenters. The van der Waals surface area contributed by atoms with Gasteiger partial charge in [0.1, 0.15) is 0 Å². The molecule has 5 heteroatoms. The van der Waals surface area contributed by atoms with Crippen LogP contribution >= 0.6 is 0 Å². The molecule has 1 aromatic carbocycles. The van der Waals surface area contributed by atoms with E-state index in [1.807, 2.05) is 11.0 Å². The molecule has 106 valence electrons. The van der Waals surface area contributed by atoms with Crippen LogP contribution in [0.5, 0.6) is 0 Å². The number of hydrogen-bond donors (Lipinski definition) is 2. The highest BCUT2D eigenvalue weighted by Crippen LogP contribution is 2.25. The Balaban J connectivity index is 1.73. The van der Waals surface area contributed by atoms with E-state index in [0.29, 0.717) is 13.1 Å². The molecule has 2 heterocycles. The summed E-state index contributed by atoms with van der Waals surface area (Å²) in [6.07, 6.45) is 3.12. The minimum atomic E-state index is -0.925. The predicted molar refractivity (Wildman–Crippen MR) is 73.3 cm³/mol. The average Bonchev–Trinajstić information content (AvgIpc) is 2.90. The van der Waals surface area contributed by atoms with E-state index in [1.54, 1.807) is 12.1 Å². The van der Waals surface area contributed by atoms with E-state index in [-0.39, 0.29) is 17.5 Å². The van der Waals surface area contributed by atoms with Gasteiger partial charge in [0.2, 0.25) is 5.91 Å². The van der Waals surface area contributed by atoms with Crippen molar-refractivity contribution in [2.75, 3.05) is 6.54 Å². The lowest BCUT2D eigenvalue weighted by atomic mass is 10.0. The molecule has 20 heavy (non-hydrogen) atoms. The van der Waals surface area contributed by atoms with Crippen molar-refractivity contribution in [3.63, 3.8) is 0 Å². The normalized spacial score (nSPS) is 21.6. The van der Waals surface area contributed by atoms with E-state index in [0.717, 1.165) is 36.9 Å². The third kappa shape index (κ3) is 2.41. The first-order chi connectivity index (χ1) is 9.65. The van der Waals surface area contributed by atoms with Crippen LogP contribution in [0.1, 0.15) is 40.7 Å². The monoisotopic (exact) mass is 274 g/mol. The van der Waals surface area contributed by atoms with Gasteiger partial charge in [-0.3, -0.25) is 4.79 Å². The van der Waals surface area contributed by atoms with Gasteiger partial charge in [0.25, 0.3) is 0 Å². The maximum atomic E-state index is 12.4. The fraction of sp³-hybridized carbons (Fsp3) is 0.467.